The van der Waals surface area contributed by atoms with Gasteiger partial charge in [-0.15, -0.1) is 0 Å². The van der Waals surface area contributed by atoms with E-state index >= 15 is 0 Å². The molecule has 1 aromatic heterocycles. The van der Waals surface area contributed by atoms with Crippen molar-refractivity contribution < 1.29 is 5.11 Å². The number of aliphatic hydroxyl groups excluding tert-OH is 1. The van der Waals surface area contributed by atoms with Gasteiger partial charge in [0.05, 0.1) is 11.0 Å². The van der Waals surface area contributed by atoms with Crippen LogP contribution in [0.15, 0.2) is 18.2 Å². The van der Waals surface area contributed by atoms with Crippen molar-refractivity contribution in [3.8, 4) is 0 Å². The number of hydrogen-bond donors (Lipinski definition) is 2. The molecule has 0 aliphatic carbocycles. The average molecular weight is 265 g/mol. The number of hydrogen-bond acceptors (Lipinski definition) is 4. The van der Waals surface area contributed by atoms with E-state index in [0.717, 1.165) is 16.8 Å². The molecule has 2 atom stereocenters. The largest absolute Gasteiger partial charge is 0.399 e. The quantitative estimate of drug-likeness (QED) is 0.834. The summed E-state index contributed by atoms with van der Waals surface area (Å²) in [7, 11) is 0. The first-order chi connectivity index (χ1) is 8.54. The molecular formula is C13H19N3OS. The molecule has 0 bridgehead atoms. The van der Waals surface area contributed by atoms with Crippen LogP contribution in [0.2, 0.25) is 0 Å². The highest BCUT2D eigenvalue weighted by molar-refractivity contribution is 7.98. The van der Waals surface area contributed by atoms with E-state index in [1.165, 1.54) is 0 Å². The summed E-state index contributed by atoms with van der Waals surface area (Å²) < 4.78 is 2.11. The maximum Gasteiger partial charge on any atom is 0.138 e. The van der Waals surface area contributed by atoms with Gasteiger partial charge in [0.2, 0.25) is 0 Å². The zero-order valence-electron chi connectivity index (χ0n) is 10.9. The summed E-state index contributed by atoms with van der Waals surface area (Å²) in [5, 5.41) is 9.87. The van der Waals surface area contributed by atoms with Gasteiger partial charge >= 0.3 is 0 Å². The highest BCUT2D eigenvalue weighted by Gasteiger charge is 2.18. The lowest BCUT2D eigenvalue weighted by atomic mass is 10.2. The second-order valence-corrected chi connectivity index (χ2v) is 5.48. The molecule has 4 nitrogen and oxygen atoms in total. The summed E-state index contributed by atoms with van der Waals surface area (Å²) in [6.45, 7) is 3.88. The molecule has 0 saturated carbocycles. The number of benzene rings is 1. The number of nitrogen functional groups attached to an aromatic ring is 1. The Hall–Kier alpha value is -1.20. The van der Waals surface area contributed by atoms with Crippen molar-refractivity contribution in [3.63, 3.8) is 0 Å². The van der Waals surface area contributed by atoms with E-state index in [1.807, 2.05) is 18.2 Å². The molecule has 0 aliphatic heterocycles. The lowest BCUT2D eigenvalue weighted by molar-refractivity contribution is 0.183. The van der Waals surface area contributed by atoms with Crippen LogP contribution in [-0.4, -0.2) is 26.7 Å². The molecule has 2 rings (SSSR count). The molecule has 0 saturated heterocycles. The van der Waals surface area contributed by atoms with Crippen LogP contribution >= 0.6 is 11.8 Å². The summed E-state index contributed by atoms with van der Waals surface area (Å²) in [5.41, 5.74) is 8.35. The minimum atomic E-state index is -0.581. The number of imidazole rings is 1. The van der Waals surface area contributed by atoms with E-state index in [9.17, 15) is 5.11 Å². The highest BCUT2D eigenvalue weighted by atomic mass is 32.2. The van der Waals surface area contributed by atoms with Crippen molar-refractivity contribution >= 4 is 28.5 Å². The van der Waals surface area contributed by atoms with Crippen molar-refractivity contribution in [1.29, 1.82) is 0 Å². The minimum Gasteiger partial charge on any atom is -0.399 e. The first kappa shape index (κ1) is 13.2. The number of fused-ring (bicyclic) bond motifs is 1. The first-order valence-corrected chi connectivity index (χ1v) is 7.38. The maximum atomic E-state index is 9.87. The van der Waals surface area contributed by atoms with Crippen molar-refractivity contribution in [1.82, 2.24) is 9.55 Å². The zero-order chi connectivity index (χ0) is 13.3. The Morgan fingerprint density at radius 1 is 1.44 bits per heavy atom. The number of aromatic nitrogens is 2. The van der Waals surface area contributed by atoms with Gasteiger partial charge in [-0.2, -0.15) is 11.8 Å². The monoisotopic (exact) mass is 265 g/mol. The Balaban J connectivity index is 2.62. The summed E-state index contributed by atoms with van der Waals surface area (Å²) in [5.74, 6) is 1.69. The van der Waals surface area contributed by atoms with Crippen LogP contribution in [0.4, 0.5) is 5.69 Å². The highest BCUT2D eigenvalue weighted by Crippen LogP contribution is 2.27. The van der Waals surface area contributed by atoms with Gasteiger partial charge in [0, 0.05) is 17.5 Å². The first-order valence-electron chi connectivity index (χ1n) is 5.99. The Kier molecular flexibility index (Phi) is 3.82. The van der Waals surface area contributed by atoms with Crippen molar-refractivity contribution in [3.05, 3.63) is 24.0 Å². The van der Waals surface area contributed by atoms with Crippen LogP contribution < -0.4 is 5.73 Å². The summed E-state index contributed by atoms with van der Waals surface area (Å²) in [6.07, 6.45) is 1.50. The lowest BCUT2D eigenvalue weighted by Gasteiger charge is -2.17. The molecule has 2 unspecified atom stereocenters. The Morgan fingerprint density at radius 3 is 2.78 bits per heavy atom. The number of nitrogens with zero attached hydrogens (tertiary/aromatic N) is 2. The van der Waals surface area contributed by atoms with Gasteiger partial charge in [0.25, 0.3) is 0 Å². The zero-order valence-corrected chi connectivity index (χ0v) is 11.7. The van der Waals surface area contributed by atoms with Gasteiger partial charge in [0.15, 0.2) is 0 Å². The van der Waals surface area contributed by atoms with E-state index in [-0.39, 0.29) is 0 Å². The van der Waals surface area contributed by atoms with E-state index < -0.39 is 6.10 Å². The normalized spacial score (nSPS) is 14.9. The summed E-state index contributed by atoms with van der Waals surface area (Å²) >= 11 is 1.79. The lowest BCUT2D eigenvalue weighted by Crippen LogP contribution is -2.13. The summed E-state index contributed by atoms with van der Waals surface area (Å²) in [6, 6.07) is 5.99. The van der Waals surface area contributed by atoms with E-state index in [0.29, 0.717) is 17.6 Å². The smallest absolute Gasteiger partial charge is 0.138 e. The number of aliphatic hydroxyl groups is 1. The molecule has 0 spiro atoms. The molecule has 18 heavy (non-hydrogen) atoms. The van der Waals surface area contributed by atoms with Crippen LogP contribution in [0.5, 0.6) is 0 Å². The third-order valence-corrected chi connectivity index (χ3v) is 3.78. The Bertz CT molecular complexity index is 550. The van der Waals surface area contributed by atoms with Crippen LogP contribution in [-0.2, 0) is 0 Å². The average Bonchev–Trinajstić information content (AvgIpc) is 2.67. The third kappa shape index (κ3) is 2.33. The molecule has 1 aromatic carbocycles. The molecule has 5 heteroatoms. The number of anilines is 1. The third-order valence-electron chi connectivity index (χ3n) is 2.96. The maximum absolute atomic E-state index is 9.87. The van der Waals surface area contributed by atoms with Crippen LogP contribution in [0.1, 0.15) is 31.8 Å². The van der Waals surface area contributed by atoms with E-state index in [1.54, 1.807) is 18.7 Å². The molecule has 0 fully saturated rings. The summed E-state index contributed by atoms with van der Waals surface area (Å²) in [4.78, 5) is 4.50. The van der Waals surface area contributed by atoms with E-state index in [2.05, 4.69) is 22.7 Å². The minimum absolute atomic E-state index is 0.290. The molecule has 1 heterocycles. The second-order valence-electron chi connectivity index (χ2n) is 4.57. The fourth-order valence-corrected chi connectivity index (χ4v) is 2.84. The number of nitrogens with two attached hydrogens (primary N) is 1. The molecule has 0 aliphatic rings. The molecule has 98 valence electrons. The fourth-order valence-electron chi connectivity index (χ4n) is 2.21. The van der Waals surface area contributed by atoms with E-state index in [4.69, 9.17) is 5.73 Å². The number of thioether (sulfide) groups is 1. The molecule has 0 amide bonds. The van der Waals surface area contributed by atoms with Crippen molar-refractivity contribution in [2.75, 3.05) is 17.7 Å². The van der Waals surface area contributed by atoms with Crippen LogP contribution in [0.3, 0.4) is 0 Å². The second kappa shape index (κ2) is 5.20. The SMILES string of the molecule is CSCC(C)n1c(C(C)O)nc2cc(N)ccc21. The van der Waals surface area contributed by atoms with Gasteiger partial charge in [-0.1, -0.05) is 0 Å². The Labute approximate surface area is 111 Å². The van der Waals surface area contributed by atoms with Crippen LogP contribution in [0, 0.1) is 0 Å². The fraction of sp³-hybridized carbons (Fsp3) is 0.462. The van der Waals surface area contributed by atoms with Crippen molar-refractivity contribution in [2.24, 2.45) is 0 Å². The molecular weight excluding hydrogens is 246 g/mol. The predicted molar refractivity (Wildman–Crippen MR) is 77.9 cm³/mol. The molecule has 2 aromatic rings. The molecule has 3 N–H and O–H groups in total. The standard InChI is InChI=1S/C13H19N3OS/c1-8(7-18-3)16-12-5-4-10(14)6-11(12)15-13(16)9(2)17/h4-6,8-9,17H,7,14H2,1-3H3. The van der Waals surface area contributed by atoms with Crippen molar-refractivity contribution in [2.45, 2.75) is 26.0 Å². The Morgan fingerprint density at radius 2 is 2.17 bits per heavy atom. The van der Waals surface area contributed by atoms with Gasteiger partial charge in [-0.25, -0.2) is 4.98 Å². The van der Waals surface area contributed by atoms with Crippen LogP contribution in [0.25, 0.3) is 11.0 Å². The van der Waals surface area contributed by atoms with Gasteiger partial charge in [-0.05, 0) is 38.3 Å². The molecule has 0 radical (unpaired) electrons. The topological polar surface area (TPSA) is 64.1 Å². The van der Waals surface area contributed by atoms with Gasteiger partial charge in [0.1, 0.15) is 11.9 Å². The number of rotatable bonds is 4. The predicted octanol–water partition coefficient (Wildman–Crippen LogP) is 2.60. The van der Waals surface area contributed by atoms with Gasteiger partial charge < -0.3 is 15.4 Å². The van der Waals surface area contributed by atoms with Gasteiger partial charge in [-0.3, -0.25) is 0 Å².